The zero-order valence-electron chi connectivity index (χ0n) is 7.02. The molecule has 0 radical (unpaired) electrons. The molecule has 0 fully saturated rings. The number of rotatable bonds is 6. The lowest BCUT2D eigenvalue weighted by Crippen LogP contribution is -2.19. The van der Waals surface area contributed by atoms with Gasteiger partial charge in [-0.2, -0.15) is 5.48 Å². The van der Waals surface area contributed by atoms with E-state index in [2.05, 4.69) is 19.3 Å². The van der Waals surface area contributed by atoms with Gasteiger partial charge in [0.2, 0.25) is 0 Å². The maximum atomic E-state index is 4.93. The lowest BCUT2D eigenvalue weighted by Gasteiger charge is -2.11. The van der Waals surface area contributed by atoms with Crippen LogP contribution in [0.1, 0.15) is 26.7 Å². The van der Waals surface area contributed by atoms with Crippen molar-refractivity contribution in [1.29, 1.82) is 0 Å². The third kappa shape index (κ3) is 5.09. The van der Waals surface area contributed by atoms with E-state index in [1.54, 1.807) is 0 Å². The Morgan fingerprint density at radius 2 is 2.00 bits per heavy atom. The molecule has 0 bridgehead atoms. The fourth-order valence-electron chi connectivity index (χ4n) is 0.788. The molecule has 3 heteroatoms. The second-order valence-corrected chi connectivity index (χ2v) is 2.78. The summed E-state index contributed by atoms with van der Waals surface area (Å²) in [6, 6.07) is 0. The molecule has 10 heavy (non-hydrogen) atoms. The molecule has 0 amide bonds. The zero-order valence-corrected chi connectivity index (χ0v) is 7.83. The first-order valence-corrected chi connectivity index (χ1v) is 4.92. The van der Waals surface area contributed by atoms with Crippen molar-refractivity contribution in [3.63, 3.8) is 0 Å². The van der Waals surface area contributed by atoms with Crippen molar-refractivity contribution in [3.8, 4) is 0 Å². The molecule has 0 aliphatic carbocycles. The maximum absolute atomic E-state index is 4.93. The van der Waals surface area contributed by atoms with Gasteiger partial charge < -0.3 is 0 Å². The minimum Gasteiger partial charge on any atom is -0.232 e. The van der Waals surface area contributed by atoms with E-state index in [1.807, 2.05) is 6.26 Å². The van der Waals surface area contributed by atoms with Gasteiger partial charge >= 0.3 is 0 Å². The van der Waals surface area contributed by atoms with Crippen molar-refractivity contribution in [2.24, 2.45) is 5.92 Å². The van der Waals surface area contributed by atoms with Gasteiger partial charge in [0.15, 0.2) is 0 Å². The molecule has 0 unspecified atom stereocenters. The molecule has 2 nitrogen and oxygen atoms in total. The smallest absolute Gasteiger partial charge is 0.0250 e. The molecular formula is C7H17NOS. The zero-order chi connectivity index (χ0) is 7.82. The van der Waals surface area contributed by atoms with E-state index in [0.717, 1.165) is 12.5 Å². The van der Waals surface area contributed by atoms with Gasteiger partial charge in [-0.1, -0.05) is 26.7 Å². The molecule has 0 aliphatic rings. The highest BCUT2D eigenvalue weighted by Crippen LogP contribution is 2.05. The van der Waals surface area contributed by atoms with E-state index in [0.29, 0.717) is 0 Å². The first-order chi connectivity index (χ1) is 4.85. The molecule has 0 heterocycles. The minimum absolute atomic E-state index is 0.757. The molecule has 0 aliphatic heterocycles. The van der Waals surface area contributed by atoms with Crippen molar-refractivity contribution in [1.82, 2.24) is 5.48 Å². The summed E-state index contributed by atoms with van der Waals surface area (Å²) in [5.74, 6) is 0.757. The van der Waals surface area contributed by atoms with Crippen LogP contribution < -0.4 is 5.48 Å². The highest BCUT2D eigenvalue weighted by Gasteiger charge is 2.01. The van der Waals surface area contributed by atoms with Crippen LogP contribution in [0.25, 0.3) is 0 Å². The Morgan fingerprint density at radius 1 is 1.40 bits per heavy atom. The van der Waals surface area contributed by atoms with Gasteiger partial charge in [-0.05, 0) is 5.92 Å². The van der Waals surface area contributed by atoms with Crippen molar-refractivity contribution < 1.29 is 4.28 Å². The summed E-state index contributed by atoms with van der Waals surface area (Å²) >= 11 is 1.35. The van der Waals surface area contributed by atoms with E-state index < -0.39 is 0 Å². The molecule has 0 rings (SSSR count). The Morgan fingerprint density at radius 3 is 2.40 bits per heavy atom. The lowest BCUT2D eigenvalue weighted by atomic mass is 10.0. The third-order valence-corrected chi connectivity index (χ3v) is 1.95. The van der Waals surface area contributed by atoms with Crippen LogP contribution in [-0.2, 0) is 4.28 Å². The molecule has 62 valence electrons. The molecule has 0 saturated heterocycles. The quantitative estimate of drug-likeness (QED) is 0.368. The molecule has 0 aromatic carbocycles. The summed E-state index contributed by atoms with van der Waals surface area (Å²) in [4.78, 5) is 0. The number of hydrogen-bond acceptors (Lipinski definition) is 3. The Kier molecular flexibility index (Phi) is 7.58. The van der Waals surface area contributed by atoms with Crippen LogP contribution in [0.4, 0.5) is 0 Å². The summed E-state index contributed by atoms with van der Waals surface area (Å²) in [7, 11) is 0. The van der Waals surface area contributed by atoms with Gasteiger partial charge in [-0.3, -0.25) is 0 Å². The number of hydroxylamine groups is 1. The van der Waals surface area contributed by atoms with Crippen LogP contribution in [-0.4, -0.2) is 12.8 Å². The SMILES string of the molecule is CCC(CC)CNOSC. The molecule has 0 aromatic heterocycles. The fraction of sp³-hybridized carbons (Fsp3) is 1.00. The first-order valence-electron chi connectivity index (χ1n) is 3.77. The van der Waals surface area contributed by atoms with Crippen LogP contribution in [0.5, 0.6) is 0 Å². The Hall–Kier alpha value is 0.270. The van der Waals surface area contributed by atoms with E-state index in [1.165, 1.54) is 24.9 Å². The molecule has 0 aromatic rings. The summed E-state index contributed by atoms with van der Waals surface area (Å²) in [5.41, 5.74) is 2.90. The van der Waals surface area contributed by atoms with Crippen molar-refractivity contribution in [2.45, 2.75) is 26.7 Å². The molecular weight excluding hydrogens is 146 g/mol. The lowest BCUT2D eigenvalue weighted by molar-refractivity contribution is 0.210. The summed E-state index contributed by atoms with van der Waals surface area (Å²) in [6.45, 7) is 5.37. The molecule has 0 saturated carbocycles. The van der Waals surface area contributed by atoms with Gasteiger partial charge in [0.25, 0.3) is 0 Å². The monoisotopic (exact) mass is 163 g/mol. The maximum Gasteiger partial charge on any atom is 0.0250 e. The van der Waals surface area contributed by atoms with E-state index in [4.69, 9.17) is 4.28 Å². The van der Waals surface area contributed by atoms with E-state index >= 15 is 0 Å². The number of hydrogen-bond donors (Lipinski definition) is 1. The highest BCUT2D eigenvalue weighted by molar-refractivity contribution is 7.93. The van der Waals surface area contributed by atoms with Crippen molar-refractivity contribution in [3.05, 3.63) is 0 Å². The Labute approximate surface area is 67.9 Å². The second-order valence-electron chi connectivity index (χ2n) is 2.28. The van der Waals surface area contributed by atoms with E-state index in [-0.39, 0.29) is 0 Å². The summed E-state index contributed by atoms with van der Waals surface area (Å²) < 4.78 is 4.93. The van der Waals surface area contributed by atoms with Crippen molar-refractivity contribution >= 4 is 12.0 Å². The minimum atomic E-state index is 0.757. The predicted molar refractivity (Wildman–Crippen MR) is 46.7 cm³/mol. The average molecular weight is 163 g/mol. The molecule has 0 spiro atoms. The van der Waals surface area contributed by atoms with Gasteiger partial charge in [-0.15, -0.1) is 0 Å². The van der Waals surface area contributed by atoms with E-state index in [9.17, 15) is 0 Å². The van der Waals surface area contributed by atoms with Crippen LogP contribution >= 0.6 is 12.0 Å². The average Bonchev–Trinajstić information content (AvgIpc) is 1.99. The molecule has 0 atom stereocenters. The summed E-state index contributed by atoms with van der Waals surface area (Å²) in [6.07, 6.45) is 4.35. The van der Waals surface area contributed by atoms with Gasteiger partial charge in [-0.25, -0.2) is 4.28 Å². The van der Waals surface area contributed by atoms with Gasteiger partial charge in [0.1, 0.15) is 0 Å². The van der Waals surface area contributed by atoms with Crippen molar-refractivity contribution in [2.75, 3.05) is 12.8 Å². The Balaban J connectivity index is 3.09. The second kappa shape index (κ2) is 7.38. The fourth-order valence-corrected chi connectivity index (χ4v) is 0.974. The van der Waals surface area contributed by atoms with Crippen LogP contribution in [0.3, 0.4) is 0 Å². The normalized spacial score (nSPS) is 10.8. The van der Waals surface area contributed by atoms with Crippen LogP contribution in [0.15, 0.2) is 0 Å². The predicted octanol–water partition coefficient (Wildman–Crippen LogP) is 2.22. The molecule has 1 N–H and O–H groups in total. The third-order valence-electron chi connectivity index (χ3n) is 1.67. The topological polar surface area (TPSA) is 21.3 Å². The standard InChI is InChI=1S/C7H17NOS/c1-4-7(5-2)6-8-9-10-3/h7-8H,4-6H2,1-3H3. The Bertz CT molecular complexity index is 66.6. The van der Waals surface area contributed by atoms with Crippen LogP contribution in [0, 0.1) is 5.92 Å². The highest BCUT2D eigenvalue weighted by atomic mass is 32.2. The van der Waals surface area contributed by atoms with Gasteiger partial charge in [0.05, 0.1) is 0 Å². The van der Waals surface area contributed by atoms with Crippen LogP contribution in [0.2, 0.25) is 0 Å². The number of nitrogens with one attached hydrogen (secondary N) is 1. The summed E-state index contributed by atoms with van der Waals surface area (Å²) in [5, 5.41) is 0. The largest absolute Gasteiger partial charge is 0.232 e. The first kappa shape index (κ1) is 10.3. The van der Waals surface area contributed by atoms with Gasteiger partial charge in [0, 0.05) is 24.8 Å².